The molecule has 2 rings (SSSR count). The summed E-state index contributed by atoms with van der Waals surface area (Å²) in [5.74, 6) is -1.02. The third-order valence-corrected chi connectivity index (χ3v) is 3.17. The highest BCUT2D eigenvalue weighted by Gasteiger charge is 2.14. The number of unbranched alkanes of at least 4 members (excludes halogenated alkanes) is 1. The van der Waals surface area contributed by atoms with Crippen molar-refractivity contribution in [3.63, 3.8) is 0 Å². The average molecular weight is 275 g/mol. The van der Waals surface area contributed by atoms with Crippen LogP contribution in [0.4, 0.5) is 4.79 Å². The number of carboxylic acids is 1. The molecule has 5 nitrogen and oxygen atoms in total. The van der Waals surface area contributed by atoms with E-state index in [1.54, 1.807) is 12.3 Å². The molecule has 0 amide bonds. The summed E-state index contributed by atoms with van der Waals surface area (Å²) < 4.78 is 6.53. The first-order valence-corrected chi connectivity index (χ1v) is 6.56. The maximum atomic E-state index is 12.0. The summed E-state index contributed by atoms with van der Waals surface area (Å²) in [4.78, 5) is 23.0. The molecule has 1 aromatic carbocycles. The molecule has 0 unspecified atom stereocenters. The number of nitrogens with zero attached hydrogens (tertiary/aromatic N) is 1. The Morgan fingerprint density at radius 2 is 2.10 bits per heavy atom. The standard InChI is InChI=1S/C15H17NO4/c1-3-4-7-20-15(19)16-9-10(2)12-6-5-11(14(17)18)8-13(12)16/h5-6,8-9H,3-4,7H2,1-2H3,(H,17,18). The molecule has 1 heterocycles. The van der Waals surface area contributed by atoms with Crippen molar-refractivity contribution in [2.24, 2.45) is 0 Å². The Hall–Kier alpha value is -2.30. The molecule has 0 fully saturated rings. The van der Waals surface area contributed by atoms with Gasteiger partial charge in [0.25, 0.3) is 0 Å². The summed E-state index contributed by atoms with van der Waals surface area (Å²) in [5.41, 5.74) is 1.62. The molecule has 0 aliphatic rings. The van der Waals surface area contributed by atoms with Crippen LogP contribution in [-0.4, -0.2) is 28.3 Å². The van der Waals surface area contributed by atoms with E-state index in [4.69, 9.17) is 9.84 Å². The molecule has 0 atom stereocenters. The van der Waals surface area contributed by atoms with Crippen LogP contribution in [0, 0.1) is 6.92 Å². The smallest absolute Gasteiger partial charge is 0.418 e. The van der Waals surface area contributed by atoms with Crippen molar-refractivity contribution in [3.8, 4) is 0 Å². The highest BCUT2D eigenvalue weighted by atomic mass is 16.5. The van der Waals surface area contributed by atoms with E-state index < -0.39 is 12.1 Å². The molecule has 20 heavy (non-hydrogen) atoms. The van der Waals surface area contributed by atoms with Gasteiger partial charge in [0, 0.05) is 11.6 Å². The maximum Gasteiger partial charge on any atom is 0.418 e. The van der Waals surface area contributed by atoms with E-state index in [-0.39, 0.29) is 5.56 Å². The average Bonchev–Trinajstić information content (AvgIpc) is 2.76. The molecule has 0 aliphatic carbocycles. The number of aryl methyl sites for hydroxylation is 1. The van der Waals surface area contributed by atoms with Gasteiger partial charge < -0.3 is 9.84 Å². The Balaban J connectivity index is 2.39. The normalized spacial score (nSPS) is 10.7. The SMILES string of the molecule is CCCCOC(=O)n1cc(C)c2ccc(C(=O)O)cc21. The summed E-state index contributed by atoms with van der Waals surface area (Å²) in [7, 11) is 0. The third kappa shape index (κ3) is 2.66. The number of rotatable bonds is 4. The Bertz CT molecular complexity index is 657. The number of benzene rings is 1. The number of hydrogen-bond acceptors (Lipinski definition) is 3. The van der Waals surface area contributed by atoms with Crippen molar-refractivity contribution in [3.05, 3.63) is 35.5 Å². The van der Waals surface area contributed by atoms with Gasteiger partial charge in [0.05, 0.1) is 17.7 Å². The Morgan fingerprint density at radius 1 is 1.35 bits per heavy atom. The fourth-order valence-corrected chi connectivity index (χ4v) is 2.05. The second-order valence-electron chi connectivity index (χ2n) is 4.69. The van der Waals surface area contributed by atoms with E-state index in [0.29, 0.717) is 12.1 Å². The second-order valence-corrected chi connectivity index (χ2v) is 4.69. The largest absolute Gasteiger partial charge is 0.478 e. The first-order chi connectivity index (χ1) is 9.54. The molecule has 0 radical (unpaired) electrons. The number of aromatic carboxylic acids is 1. The van der Waals surface area contributed by atoms with Crippen molar-refractivity contribution >= 4 is 23.0 Å². The Kier molecular flexibility index (Phi) is 4.08. The molecule has 0 saturated heterocycles. The van der Waals surface area contributed by atoms with Crippen LogP contribution in [0.25, 0.3) is 10.9 Å². The molecule has 2 aromatic rings. The molecule has 1 aromatic heterocycles. The predicted molar refractivity (Wildman–Crippen MR) is 75.3 cm³/mol. The van der Waals surface area contributed by atoms with Crippen molar-refractivity contribution in [1.29, 1.82) is 0 Å². The first-order valence-electron chi connectivity index (χ1n) is 6.56. The van der Waals surface area contributed by atoms with Gasteiger partial charge in [-0.05, 0) is 31.0 Å². The zero-order valence-corrected chi connectivity index (χ0v) is 11.5. The zero-order valence-electron chi connectivity index (χ0n) is 11.5. The van der Waals surface area contributed by atoms with Crippen LogP contribution in [0.1, 0.15) is 35.7 Å². The Labute approximate surface area is 116 Å². The van der Waals surface area contributed by atoms with E-state index in [1.165, 1.54) is 16.7 Å². The van der Waals surface area contributed by atoms with Gasteiger partial charge in [-0.1, -0.05) is 19.4 Å². The lowest BCUT2D eigenvalue weighted by Crippen LogP contribution is -2.13. The molecular formula is C15H17NO4. The van der Waals surface area contributed by atoms with Gasteiger partial charge in [0.15, 0.2) is 0 Å². The van der Waals surface area contributed by atoms with E-state index >= 15 is 0 Å². The molecule has 0 spiro atoms. The molecule has 106 valence electrons. The van der Waals surface area contributed by atoms with Crippen LogP contribution in [0.5, 0.6) is 0 Å². The minimum Gasteiger partial charge on any atom is -0.478 e. The molecule has 5 heteroatoms. The summed E-state index contributed by atoms with van der Waals surface area (Å²) in [6.45, 7) is 4.26. The van der Waals surface area contributed by atoms with Crippen molar-refractivity contribution in [2.45, 2.75) is 26.7 Å². The monoisotopic (exact) mass is 275 g/mol. The topological polar surface area (TPSA) is 68.5 Å². The third-order valence-electron chi connectivity index (χ3n) is 3.17. The quantitative estimate of drug-likeness (QED) is 0.868. The first kappa shape index (κ1) is 14.1. The van der Waals surface area contributed by atoms with Gasteiger partial charge in [-0.2, -0.15) is 0 Å². The van der Waals surface area contributed by atoms with Crippen LogP contribution < -0.4 is 0 Å². The number of aromatic nitrogens is 1. The highest BCUT2D eigenvalue weighted by Crippen LogP contribution is 2.22. The minimum absolute atomic E-state index is 0.151. The van der Waals surface area contributed by atoms with Crippen molar-refractivity contribution in [2.75, 3.05) is 6.61 Å². The highest BCUT2D eigenvalue weighted by molar-refractivity contribution is 5.97. The van der Waals surface area contributed by atoms with Crippen molar-refractivity contribution in [1.82, 2.24) is 4.57 Å². The van der Waals surface area contributed by atoms with Gasteiger partial charge in [-0.15, -0.1) is 0 Å². The maximum absolute atomic E-state index is 12.0. The number of fused-ring (bicyclic) bond motifs is 1. The van der Waals surface area contributed by atoms with Crippen LogP contribution >= 0.6 is 0 Å². The fraction of sp³-hybridized carbons (Fsp3) is 0.333. The lowest BCUT2D eigenvalue weighted by atomic mass is 10.1. The zero-order chi connectivity index (χ0) is 14.7. The molecule has 0 bridgehead atoms. The van der Waals surface area contributed by atoms with Crippen LogP contribution in [0.2, 0.25) is 0 Å². The van der Waals surface area contributed by atoms with Gasteiger partial charge in [-0.25, -0.2) is 9.59 Å². The molecule has 0 saturated carbocycles. The number of hydrogen-bond donors (Lipinski definition) is 1. The van der Waals surface area contributed by atoms with Crippen LogP contribution in [0.15, 0.2) is 24.4 Å². The summed E-state index contributed by atoms with van der Waals surface area (Å²) in [6, 6.07) is 4.74. The predicted octanol–water partition coefficient (Wildman–Crippen LogP) is 3.43. The number of ether oxygens (including phenoxy) is 1. The fourth-order valence-electron chi connectivity index (χ4n) is 2.05. The second kappa shape index (κ2) is 5.77. The molecule has 0 aliphatic heterocycles. The summed E-state index contributed by atoms with van der Waals surface area (Å²) in [5, 5.41) is 9.88. The molecule has 1 N–H and O–H groups in total. The lowest BCUT2D eigenvalue weighted by Gasteiger charge is -2.06. The summed E-state index contributed by atoms with van der Waals surface area (Å²) in [6.07, 6.45) is 2.95. The van der Waals surface area contributed by atoms with E-state index in [0.717, 1.165) is 23.8 Å². The Morgan fingerprint density at radius 3 is 2.75 bits per heavy atom. The van der Waals surface area contributed by atoms with E-state index in [2.05, 4.69) is 0 Å². The minimum atomic E-state index is -1.02. The number of carbonyl (C=O) groups is 2. The number of carboxylic acid groups (broad SMARTS) is 1. The van der Waals surface area contributed by atoms with Crippen molar-refractivity contribution < 1.29 is 19.4 Å². The van der Waals surface area contributed by atoms with Gasteiger partial charge in [0.1, 0.15) is 0 Å². The van der Waals surface area contributed by atoms with Crippen LogP contribution in [0.3, 0.4) is 0 Å². The van der Waals surface area contributed by atoms with Gasteiger partial charge in [0.2, 0.25) is 0 Å². The summed E-state index contributed by atoms with van der Waals surface area (Å²) >= 11 is 0. The number of carbonyl (C=O) groups excluding carboxylic acids is 1. The van der Waals surface area contributed by atoms with E-state index in [9.17, 15) is 9.59 Å². The van der Waals surface area contributed by atoms with Gasteiger partial charge in [-0.3, -0.25) is 4.57 Å². The van der Waals surface area contributed by atoms with Gasteiger partial charge >= 0.3 is 12.1 Å². The van der Waals surface area contributed by atoms with E-state index in [1.807, 2.05) is 13.8 Å². The lowest BCUT2D eigenvalue weighted by molar-refractivity contribution is 0.0697. The molecular weight excluding hydrogens is 258 g/mol. The van der Waals surface area contributed by atoms with Crippen LogP contribution in [-0.2, 0) is 4.74 Å².